The zero-order valence-electron chi connectivity index (χ0n) is 14.3. The summed E-state index contributed by atoms with van der Waals surface area (Å²) in [5.41, 5.74) is 1.39. The van der Waals surface area contributed by atoms with Gasteiger partial charge in [-0.3, -0.25) is 0 Å². The van der Waals surface area contributed by atoms with E-state index in [0.29, 0.717) is 18.6 Å². The molecule has 0 saturated heterocycles. The molecule has 2 aromatic rings. The Balaban J connectivity index is 1.59. The van der Waals surface area contributed by atoms with Gasteiger partial charge < -0.3 is 25.2 Å². The lowest BCUT2D eigenvalue weighted by Crippen LogP contribution is -2.48. The van der Waals surface area contributed by atoms with Crippen molar-refractivity contribution >= 4 is 6.03 Å². The van der Waals surface area contributed by atoms with Crippen molar-refractivity contribution in [3.8, 4) is 11.6 Å². The molecule has 2 atom stereocenters. The number of aliphatic hydroxyl groups is 1. The number of hydrogen-bond donors (Lipinski definition) is 3. The van der Waals surface area contributed by atoms with Crippen LogP contribution in [0.1, 0.15) is 17.2 Å². The van der Waals surface area contributed by atoms with Crippen LogP contribution in [0.2, 0.25) is 0 Å². The molecule has 0 radical (unpaired) electrons. The van der Waals surface area contributed by atoms with Gasteiger partial charge in [-0.1, -0.05) is 18.2 Å². The molecule has 1 aliphatic heterocycles. The molecular formula is C18H19F2N3O4. The average molecular weight is 379 g/mol. The van der Waals surface area contributed by atoms with Crippen molar-refractivity contribution in [3.05, 3.63) is 53.7 Å². The van der Waals surface area contributed by atoms with Gasteiger partial charge in [0.25, 0.3) is 0 Å². The third-order valence-corrected chi connectivity index (χ3v) is 4.07. The van der Waals surface area contributed by atoms with Gasteiger partial charge in [0.1, 0.15) is 12.4 Å². The van der Waals surface area contributed by atoms with Crippen LogP contribution in [0.15, 0.2) is 42.6 Å². The topological polar surface area (TPSA) is 92.7 Å². The van der Waals surface area contributed by atoms with Crippen molar-refractivity contribution in [2.75, 3.05) is 13.2 Å². The van der Waals surface area contributed by atoms with Crippen molar-refractivity contribution in [1.29, 1.82) is 0 Å². The molecule has 0 aliphatic carbocycles. The van der Waals surface area contributed by atoms with Crippen molar-refractivity contribution in [3.63, 3.8) is 0 Å². The van der Waals surface area contributed by atoms with Crippen LogP contribution in [0.25, 0.3) is 0 Å². The fourth-order valence-corrected chi connectivity index (χ4v) is 2.84. The number of aliphatic hydroxyl groups excluding tert-OH is 1. The van der Waals surface area contributed by atoms with E-state index in [4.69, 9.17) is 4.74 Å². The summed E-state index contributed by atoms with van der Waals surface area (Å²) < 4.78 is 34.5. The summed E-state index contributed by atoms with van der Waals surface area (Å²) in [5, 5.41) is 15.0. The molecule has 1 aromatic heterocycles. The van der Waals surface area contributed by atoms with E-state index in [0.717, 1.165) is 11.3 Å². The van der Waals surface area contributed by atoms with Crippen molar-refractivity contribution in [1.82, 2.24) is 15.6 Å². The largest absolute Gasteiger partial charge is 0.491 e. The monoisotopic (exact) mass is 379 g/mol. The summed E-state index contributed by atoms with van der Waals surface area (Å²) in [7, 11) is 0. The van der Waals surface area contributed by atoms with Gasteiger partial charge in [0.15, 0.2) is 0 Å². The van der Waals surface area contributed by atoms with Gasteiger partial charge in [-0.15, -0.1) is 0 Å². The number of aromatic nitrogens is 1. The maximum atomic E-state index is 12.3. The summed E-state index contributed by atoms with van der Waals surface area (Å²) in [6.07, 6.45) is 1.89. The van der Waals surface area contributed by atoms with Crippen LogP contribution in [0.3, 0.4) is 0 Å². The van der Waals surface area contributed by atoms with Crippen molar-refractivity contribution < 1.29 is 28.2 Å². The molecule has 1 aromatic carbocycles. The highest BCUT2D eigenvalue weighted by Crippen LogP contribution is 2.24. The number of pyridine rings is 1. The van der Waals surface area contributed by atoms with Crippen molar-refractivity contribution in [2.24, 2.45) is 0 Å². The van der Waals surface area contributed by atoms with Crippen molar-refractivity contribution in [2.45, 2.75) is 25.1 Å². The normalized spacial score (nSPS) is 16.8. The van der Waals surface area contributed by atoms with Gasteiger partial charge in [-0.25, -0.2) is 9.78 Å². The van der Waals surface area contributed by atoms with Crippen LogP contribution in [0, 0.1) is 0 Å². The van der Waals surface area contributed by atoms with Crippen LogP contribution in [0.5, 0.6) is 11.6 Å². The van der Waals surface area contributed by atoms with E-state index in [1.807, 2.05) is 24.3 Å². The van der Waals surface area contributed by atoms with Crippen LogP contribution in [-0.2, 0) is 6.42 Å². The maximum absolute atomic E-state index is 12.3. The van der Waals surface area contributed by atoms with Crippen LogP contribution >= 0.6 is 0 Å². The van der Waals surface area contributed by atoms with E-state index in [-0.39, 0.29) is 11.9 Å². The molecule has 3 N–H and O–H groups in total. The highest BCUT2D eigenvalue weighted by Gasteiger charge is 2.22. The lowest BCUT2D eigenvalue weighted by molar-refractivity contribution is -0.0529. The molecule has 144 valence electrons. The molecule has 0 spiro atoms. The Labute approximate surface area is 154 Å². The number of urea groups is 1. The number of rotatable bonds is 6. The van der Waals surface area contributed by atoms with E-state index in [1.54, 1.807) is 0 Å². The van der Waals surface area contributed by atoms with Gasteiger partial charge >= 0.3 is 12.6 Å². The minimum absolute atomic E-state index is 0.227. The minimum Gasteiger partial charge on any atom is -0.491 e. The van der Waals surface area contributed by atoms with Gasteiger partial charge in [-0.2, -0.15) is 8.78 Å². The summed E-state index contributed by atoms with van der Waals surface area (Å²) in [5.74, 6) is 0.507. The van der Waals surface area contributed by atoms with Gasteiger partial charge in [0.05, 0.1) is 18.7 Å². The quantitative estimate of drug-likeness (QED) is 0.714. The summed E-state index contributed by atoms with van der Waals surface area (Å²) in [6.45, 7) is -3.10. The highest BCUT2D eigenvalue weighted by atomic mass is 19.3. The molecule has 0 bridgehead atoms. The molecule has 1 aliphatic rings. The standard InChI is InChI=1S/C18H19F2N3O4/c19-17(20)27-16-8-11(5-6-21-16)14(9-24)23-18(25)22-13-7-12-3-1-2-4-15(12)26-10-13/h1-6,8,13-14,17,24H,7,9-10H2,(H2,22,23,25)/t13-,14-/m0/s1. The lowest BCUT2D eigenvalue weighted by atomic mass is 10.0. The zero-order chi connectivity index (χ0) is 19.2. The van der Waals surface area contributed by atoms with E-state index < -0.39 is 25.3 Å². The summed E-state index contributed by atoms with van der Waals surface area (Å²) in [4.78, 5) is 15.9. The fourth-order valence-electron chi connectivity index (χ4n) is 2.84. The number of nitrogens with one attached hydrogen (secondary N) is 2. The third kappa shape index (κ3) is 5.04. The number of halogens is 2. The number of para-hydroxylation sites is 1. The molecule has 0 fully saturated rings. The fraction of sp³-hybridized carbons (Fsp3) is 0.333. The first-order valence-corrected chi connectivity index (χ1v) is 8.34. The Kier molecular flexibility index (Phi) is 6.02. The molecule has 0 saturated carbocycles. The number of carbonyl (C=O) groups is 1. The Bertz CT molecular complexity index is 791. The Morgan fingerprint density at radius 2 is 2.19 bits per heavy atom. The zero-order valence-corrected chi connectivity index (χ0v) is 14.3. The highest BCUT2D eigenvalue weighted by molar-refractivity contribution is 5.75. The molecule has 0 unspecified atom stereocenters. The molecule has 2 amide bonds. The summed E-state index contributed by atoms with van der Waals surface area (Å²) >= 11 is 0. The minimum atomic E-state index is -3.01. The number of nitrogens with zero attached hydrogens (tertiary/aromatic N) is 1. The van der Waals surface area contributed by atoms with Gasteiger partial charge in [-0.05, 0) is 29.7 Å². The van der Waals surface area contributed by atoms with Crippen LogP contribution in [0.4, 0.5) is 13.6 Å². The number of fused-ring (bicyclic) bond motifs is 1. The summed E-state index contributed by atoms with van der Waals surface area (Å²) in [6, 6.07) is 8.79. The number of ether oxygens (including phenoxy) is 2. The second-order valence-corrected chi connectivity index (χ2v) is 5.98. The third-order valence-electron chi connectivity index (χ3n) is 4.07. The Hall–Kier alpha value is -2.94. The first-order chi connectivity index (χ1) is 13.0. The number of benzene rings is 1. The number of hydrogen-bond acceptors (Lipinski definition) is 5. The first kappa shape index (κ1) is 18.8. The van der Waals surface area contributed by atoms with Crippen LogP contribution in [-0.4, -0.2) is 42.0 Å². The number of alkyl halides is 2. The molecule has 3 rings (SSSR count). The van der Waals surface area contributed by atoms with E-state index >= 15 is 0 Å². The number of carbonyl (C=O) groups excluding carboxylic acids is 1. The Morgan fingerprint density at radius 1 is 1.37 bits per heavy atom. The van der Waals surface area contributed by atoms with E-state index in [2.05, 4.69) is 20.4 Å². The molecule has 7 nitrogen and oxygen atoms in total. The number of amides is 2. The van der Waals surface area contributed by atoms with E-state index in [9.17, 15) is 18.7 Å². The molecule has 9 heteroatoms. The lowest BCUT2D eigenvalue weighted by Gasteiger charge is -2.27. The predicted octanol–water partition coefficient (Wildman–Crippen LogP) is 2.02. The molecular weight excluding hydrogens is 360 g/mol. The average Bonchev–Trinajstić information content (AvgIpc) is 2.65. The first-order valence-electron chi connectivity index (χ1n) is 8.34. The Morgan fingerprint density at radius 3 is 2.96 bits per heavy atom. The van der Waals surface area contributed by atoms with Gasteiger partial charge in [0, 0.05) is 12.3 Å². The van der Waals surface area contributed by atoms with Crippen LogP contribution < -0.4 is 20.1 Å². The molecule has 2 heterocycles. The van der Waals surface area contributed by atoms with Gasteiger partial charge in [0.2, 0.25) is 5.88 Å². The molecule has 27 heavy (non-hydrogen) atoms. The SMILES string of the molecule is O=C(N[C@@H]1COc2ccccc2C1)N[C@@H](CO)c1ccnc(OC(F)F)c1. The predicted molar refractivity (Wildman–Crippen MR) is 91.8 cm³/mol. The second-order valence-electron chi connectivity index (χ2n) is 5.98. The van der Waals surface area contributed by atoms with E-state index in [1.165, 1.54) is 18.3 Å². The maximum Gasteiger partial charge on any atom is 0.388 e. The second kappa shape index (κ2) is 8.63. The smallest absolute Gasteiger partial charge is 0.388 e.